The fourth-order valence-electron chi connectivity index (χ4n) is 2.88. The van der Waals surface area contributed by atoms with Gasteiger partial charge in [0.15, 0.2) is 5.13 Å². The number of fused-ring (bicyclic) bond motifs is 1. The van der Waals surface area contributed by atoms with E-state index in [1.165, 1.54) is 30.5 Å². The lowest BCUT2D eigenvalue weighted by Crippen LogP contribution is -2.17. The minimum Gasteiger partial charge on any atom is -0.355 e. The molecule has 3 aromatic heterocycles. The predicted octanol–water partition coefficient (Wildman–Crippen LogP) is 4.01. The van der Waals surface area contributed by atoms with Gasteiger partial charge in [-0.25, -0.2) is 14.4 Å². The van der Waals surface area contributed by atoms with Gasteiger partial charge in [0.1, 0.15) is 17.2 Å². The average Bonchev–Trinajstić information content (AvgIpc) is 3.25. The zero-order chi connectivity index (χ0) is 19.0. The molecule has 0 aliphatic carbocycles. The zero-order valence-corrected chi connectivity index (χ0v) is 15.5. The topological polar surface area (TPSA) is 71.3 Å². The van der Waals surface area contributed by atoms with Crippen LogP contribution < -0.4 is 10.6 Å². The number of imidazole rings is 1. The highest BCUT2D eigenvalue weighted by Crippen LogP contribution is 2.30. The number of halogens is 1. The molecule has 0 unspecified atom stereocenters. The number of carbonyl (C=O) groups excluding carboxylic acids is 1. The van der Waals surface area contributed by atoms with Gasteiger partial charge in [-0.2, -0.15) is 0 Å². The first-order valence-corrected chi connectivity index (χ1v) is 9.13. The van der Waals surface area contributed by atoms with Gasteiger partial charge in [0.05, 0.1) is 17.1 Å². The summed E-state index contributed by atoms with van der Waals surface area (Å²) in [6.45, 7) is 1.94. The number of hydrogen-bond acceptors (Lipinski definition) is 5. The van der Waals surface area contributed by atoms with Gasteiger partial charge in [0.2, 0.25) is 0 Å². The van der Waals surface area contributed by atoms with Gasteiger partial charge in [0, 0.05) is 24.2 Å². The Bertz CT molecular complexity index is 1150. The number of thiazole rings is 1. The van der Waals surface area contributed by atoms with E-state index < -0.39 is 5.82 Å². The summed E-state index contributed by atoms with van der Waals surface area (Å²) in [6.07, 6.45) is 1.94. The van der Waals surface area contributed by atoms with Crippen molar-refractivity contribution in [2.45, 2.75) is 6.92 Å². The van der Waals surface area contributed by atoms with Crippen molar-refractivity contribution in [3.05, 3.63) is 65.0 Å². The fraction of sp³-hybridized carbons (Fsp3) is 0.105. The second kappa shape index (κ2) is 6.81. The zero-order valence-electron chi connectivity index (χ0n) is 14.7. The van der Waals surface area contributed by atoms with Crippen LogP contribution in [-0.2, 0) is 0 Å². The van der Waals surface area contributed by atoms with Gasteiger partial charge < -0.3 is 10.6 Å². The Labute approximate surface area is 158 Å². The van der Waals surface area contributed by atoms with Gasteiger partial charge in [-0.3, -0.25) is 9.20 Å². The SMILES string of the molecule is CNC(=O)c1ccc(Nc2nc(-c3c(C)nc4ccccn34)cs2)c(F)c1. The van der Waals surface area contributed by atoms with Crippen molar-refractivity contribution in [3.63, 3.8) is 0 Å². The molecule has 6 nitrogen and oxygen atoms in total. The number of aryl methyl sites for hydroxylation is 1. The van der Waals surface area contributed by atoms with Gasteiger partial charge in [-0.1, -0.05) is 6.07 Å². The number of rotatable bonds is 4. The number of pyridine rings is 1. The van der Waals surface area contributed by atoms with E-state index >= 15 is 0 Å². The van der Waals surface area contributed by atoms with Crippen LogP contribution in [0.1, 0.15) is 16.1 Å². The predicted molar refractivity (Wildman–Crippen MR) is 104 cm³/mol. The number of nitrogens with one attached hydrogen (secondary N) is 2. The van der Waals surface area contributed by atoms with Gasteiger partial charge in [0.25, 0.3) is 5.91 Å². The maximum Gasteiger partial charge on any atom is 0.251 e. The number of aromatic nitrogens is 3. The number of amides is 1. The Balaban J connectivity index is 1.64. The van der Waals surface area contributed by atoms with Crippen LogP contribution in [0.15, 0.2) is 48.0 Å². The molecule has 0 bridgehead atoms. The van der Waals surface area contributed by atoms with Crippen molar-refractivity contribution >= 4 is 33.7 Å². The number of hydrogen-bond donors (Lipinski definition) is 2. The second-order valence-electron chi connectivity index (χ2n) is 5.91. The third-order valence-electron chi connectivity index (χ3n) is 4.15. The van der Waals surface area contributed by atoms with Gasteiger partial charge in [-0.15, -0.1) is 11.3 Å². The van der Waals surface area contributed by atoms with Gasteiger partial charge in [-0.05, 0) is 37.3 Å². The van der Waals surface area contributed by atoms with Gasteiger partial charge >= 0.3 is 0 Å². The van der Waals surface area contributed by atoms with Crippen LogP contribution in [0.4, 0.5) is 15.2 Å². The van der Waals surface area contributed by atoms with Crippen LogP contribution in [0.2, 0.25) is 0 Å². The molecule has 4 rings (SSSR count). The minimum absolute atomic E-state index is 0.262. The smallest absolute Gasteiger partial charge is 0.251 e. The van der Waals surface area contributed by atoms with E-state index in [0.717, 1.165) is 22.7 Å². The summed E-state index contributed by atoms with van der Waals surface area (Å²) < 4.78 is 16.3. The maximum absolute atomic E-state index is 14.3. The number of carbonyl (C=O) groups is 1. The molecule has 0 saturated carbocycles. The summed E-state index contributed by atoms with van der Waals surface area (Å²) >= 11 is 1.37. The lowest BCUT2D eigenvalue weighted by Gasteiger charge is -2.06. The molecule has 0 spiro atoms. The summed E-state index contributed by atoms with van der Waals surface area (Å²) in [5, 5.41) is 7.91. The average molecular weight is 381 g/mol. The lowest BCUT2D eigenvalue weighted by molar-refractivity contribution is 0.0962. The Kier molecular flexibility index (Phi) is 4.33. The first kappa shape index (κ1) is 17.2. The quantitative estimate of drug-likeness (QED) is 0.560. The van der Waals surface area contributed by atoms with Crippen molar-refractivity contribution in [1.29, 1.82) is 0 Å². The molecular formula is C19H16FN5OS. The number of anilines is 2. The molecule has 136 valence electrons. The highest BCUT2D eigenvalue weighted by atomic mass is 32.1. The van der Waals surface area contributed by atoms with E-state index in [1.807, 2.05) is 41.1 Å². The van der Waals surface area contributed by atoms with E-state index in [4.69, 9.17) is 0 Å². The molecule has 1 amide bonds. The van der Waals surface area contributed by atoms with Crippen LogP contribution >= 0.6 is 11.3 Å². The van der Waals surface area contributed by atoms with Crippen molar-refractivity contribution < 1.29 is 9.18 Å². The molecule has 0 aliphatic heterocycles. The summed E-state index contributed by atoms with van der Waals surface area (Å²) in [7, 11) is 1.51. The van der Waals surface area contributed by atoms with Crippen LogP contribution in [-0.4, -0.2) is 27.3 Å². The lowest BCUT2D eigenvalue weighted by atomic mass is 10.2. The van der Waals surface area contributed by atoms with Crippen molar-refractivity contribution in [2.24, 2.45) is 0 Å². The summed E-state index contributed by atoms with van der Waals surface area (Å²) in [5.41, 5.74) is 3.93. The van der Waals surface area contributed by atoms with Crippen molar-refractivity contribution in [3.8, 4) is 11.4 Å². The molecule has 0 radical (unpaired) electrons. The standard InChI is InChI=1S/C19H16FN5OS/c1-11-17(25-8-4-3-5-16(25)22-11)15-10-27-19(24-15)23-14-7-6-12(9-13(14)20)18(26)21-2/h3-10H,1-2H3,(H,21,26)(H,23,24). The first-order valence-electron chi connectivity index (χ1n) is 8.25. The van der Waals surface area contributed by atoms with E-state index in [9.17, 15) is 9.18 Å². The van der Waals surface area contributed by atoms with Crippen LogP contribution in [0.3, 0.4) is 0 Å². The Morgan fingerprint density at radius 2 is 2.07 bits per heavy atom. The molecule has 2 N–H and O–H groups in total. The number of nitrogens with zero attached hydrogens (tertiary/aromatic N) is 3. The van der Waals surface area contributed by atoms with Crippen molar-refractivity contribution in [2.75, 3.05) is 12.4 Å². The highest BCUT2D eigenvalue weighted by Gasteiger charge is 2.15. The van der Waals surface area contributed by atoms with Crippen LogP contribution in [0.5, 0.6) is 0 Å². The summed E-state index contributed by atoms with van der Waals surface area (Å²) in [4.78, 5) is 20.7. The highest BCUT2D eigenvalue weighted by molar-refractivity contribution is 7.14. The first-order chi connectivity index (χ1) is 13.1. The Hall–Kier alpha value is -3.26. The molecule has 27 heavy (non-hydrogen) atoms. The number of benzene rings is 1. The molecule has 0 atom stereocenters. The third-order valence-corrected chi connectivity index (χ3v) is 4.91. The third kappa shape index (κ3) is 3.15. The molecular weight excluding hydrogens is 365 g/mol. The largest absolute Gasteiger partial charge is 0.355 e. The molecule has 8 heteroatoms. The molecule has 1 aromatic carbocycles. The van der Waals surface area contributed by atoms with E-state index in [0.29, 0.717) is 5.13 Å². The van der Waals surface area contributed by atoms with E-state index in [1.54, 1.807) is 6.07 Å². The van der Waals surface area contributed by atoms with Crippen LogP contribution in [0.25, 0.3) is 17.0 Å². The minimum atomic E-state index is -0.515. The molecule has 4 aromatic rings. The monoisotopic (exact) mass is 381 g/mol. The summed E-state index contributed by atoms with van der Waals surface area (Å²) in [5.74, 6) is -0.848. The second-order valence-corrected chi connectivity index (χ2v) is 6.77. The van der Waals surface area contributed by atoms with E-state index in [2.05, 4.69) is 20.6 Å². The fourth-order valence-corrected chi connectivity index (χ4v) is 3.59. The Morgan fingerprint density at radius 3 is 2.85 bits per heavy atom. The molecule has 0 fully saturated rings. The molecule has 0 aliphatic rings. The maximum atomic E-state index is 14.3. The Morgan fingerprint density at radius 1 is 1.22 bits per heavy atom. The van der Waals surface area contributed by atoms with E-state index in [-0.39, 0.29) is 17.2 Å². The normalized spacial score (nSPS) is 10.9. The van der Waals surface area contributed by atoms with Crippen molar-refractivity contribution in [1.82, 2.24) is 19.7 Å². The molecule has 3 heterocycles. The molecule has 0 saturated heterocycles. The van der Waals surface area contributed by atoms with Crippen LogP contribution in [0, 0.1) is 12.7 Å². The summed E-state index contributed by atoms with van der Waals surface area (Å²) in [6, 6.07) is 10.1.